The Morgan fingerprint density at radius 1 is 0.907 bits per heavy atom. The monoisotopic (exact) mass is 580 g/mol. The predicted octanol–water partition coefficient (Wildman–Crippen LogP) is 5.83. The van der Waals surface area contributed by atoms with Crippen LogP contribution < -0.4 is 10.6 Å². The molecular weight excluding hydrogens is 540 g/mol. The van der Waals surface area contributed by atoms with Crippen LogP contribution in [0.25, 0.3) is 0 Å². The molecule has 3 N–H and O–H groups in total. The van der Waals surface area contributed by atoms with Crippen LogP contribution in [-0.4, -0.2) is 53.8 Å². The molecule has 1 saturated heterocycles. The number of hydrogen-bond acceptors (Lipinski definition) is 6. The smallest absolute Gasteiger partial charge is 0.319 e. The van der Waals surface area contributed by atoms with Crippen molar-refractivity contribution in [3.05, 3.63) is 131 Å². The molecule has 2 amide bonds. The number of carbonyl (C=O) groups excluding carboxylic acids is 1. The van der Waals surface area contributed by atoms with Crippen molar-refractivity contribution in [1.82, 2.24) is 15.2 Å². The second kappa shape index (κ2) is 14.9. The molecule has 4 atom stereocenters. The Labute approximate surface area is 253 Å². The van der Waals surface area contributed by atoms with Gasteiger partial charge in [-0.25, -0.2) is 4.79 Å². The number of likely N-dealkylation sites (N-methyl/N-ethyl adjacent to an activating group) is 1. The van der Waals surface area contributed by atoms with E-state index < -0.39 is 6.29 Å². The van der Waals surface area contributed by atoms with Crippen molar-refractivity contribution in [1.29, 1.82) is 0 Å². The van der Waals surface area contributed by atoms with Gasteiger partial charge in [0.25, 0.3) is 0 Å². The fourth-order valence-electron chi connectivity index (χ4n) is 5.51. The number of anilines is 1. The largest absolute Gasteiger partial charge is 0.392 e. The first-order valence-electron chi connectivity index (χ1n) is 14.8. The summed E-state index contributed by atoms with van der Waals surface area (Å²) in [5.74, 6) is -0.0913. The Balaban J connectivity index is 1.47. The van der Waals surface area contributed by atoms with Crippen molar-refractivity contribution in [2.45, 2.75) is 44.4 Å². The quantitative estimate of drug-likeness (QED) is 0.207. The number of aliphatic hydroxyl groups is 1. The van der Waals surface area contributed by atoms with Gasteiger partial charge in [-0.2, -0.15) is 0 Å². The third kappa shape index (κ3) is 8.06. The van der Waals surface area contributed by atoms with Gasteiger partial charge in [-0.3, -0.25) is 4.98 Å². The van der Waals surface area contributed by atoms with Crippen LogP contribution >= 0.6 is 0 Å². The number of benzene rings is 3. The molecule has 43 heavy (non-hydrogen) atoms. The summed E-state index contributed by atoms with van der Waals surface area (Å²) in [5.41, 5.74) is 5.52. The van der Waals surface area contributed by atoms with E-state index in [1.54, 1.807) is 0 Å². The van der Waals surface area contributed by atoms with Gasteiger partial charge < -0.3 is 30.1 Å². The van der Waals surface area contributed by atoms with Crippen molar-refractivity contribution in [2.24, 2.45) is 0 Å². The molecule has 0 aliphatic carbocycles. The van der Waals surface area contributed by atoms with E-state index in [1.807, 2.05) is 92.0 Å². The minimum atomic E-state index is -0.660. The molecule has 1 aromatic heterocycles. The molecule has 224 valence electrons. The average Bonchev–Trinajstić information content (AvgIpc) is 3.04. The molecule has 3 aromatic carbocycles. The number of rotatable bonds is 11. The number of hydrogen-bond donors (Lipinski definition) is 3. The lowest BCUT2D eigenvalue weighted by Crippen LogP contribution is -2.43. The van der Waals surface area contributed by atoms with E-state index in [0.717, 1.165) is 40.9 Å². The number of pyridine rings is 1. The number of amides is 2. The molecular formula is C35H40N4O4. The molecule has 1 unspecified atom stereocenters. The molecule has 0 radical (unpaired) electrons. The van der Waals surface area contributed by atoms with Gasteiger partial charge in [-0.1, -0.05) is 72.8 Å². The normalized spacial score (nSPS) is 20.1. The maximum Gasteiger partial charge on any atom is 0.319 e. The Morgan fingerprint density at radius 2 is 1.67 bits per heavy atom. The maximum atomic E-state index is 12.2. The number of nitrogens with one attached hydrogen (secondary N) is 2. The lowest BCUT2D eigenvalue weighted by atomic mass is 9.83. The highest BCUT2D eigenvalue weighted by Crippen LogP contribution is 2.47. The molecule has 1 aliphatic rings. The number of carbonyl (C=O) groups is 1. The van der Waals surface area contributed by atoms with E-state index in [2.05, 4.69) is 45.8 Å². The fraction of sp³-hybridized carbons (Fsp3) is 0.314. The first-order valence-corrected chi connectivity index (χ1v) is 14.8. The van der Waals surface area contributed by atoms with Gasteiger partial charge >= 0.3 is 6.03 Å². The van der Waals surface area contributed by atoms with Crippen LogP contribution in [0.3, 0.4) is 0 Å². The van der Waals surface area contributed by atoms with Gasteiger partial charge in [0.2, 0.25) is 0 Å². The van der Waals surface area contributed by atoms with Crippen molar-refractivity contribution in [2.75, 3.05) is 32.0 Å². The van der Waals surface area contributed by atoms with Crippen LogP contribution in [0.1, 0.15) is 53.2 Å². The second-order valence-corrected chi connectivity index (χ2v) is 10.8. The summed E-state index contributed by atoms with van der Waals surface area (Å²) in [6, 6.07) is 31.7. The van der Waals surface area contributed by atoms with Crippen LogP contribution in [0.4, 0.5) is 10.5 Å². The summed E-state index contributed by atoms with van der Waals surface area (Å²) in [4.78, 5) is 19.0. The number of ether oxygens (including phenoxy) is 2. The zero-order valence-electron chi connectivity index (χ0n) is 24.7. The third-order valence-electron chi connectivity index (χ3n) is 7.69. The molecule has 8 heteroatoms. The SMILES string of the molecule is CCNC(=O)Nc1cccc(C2O[C@H](CN(C)CCc3ccccn3)[C@@H](c3ccccc3)[C@H](c3ccc(CO)cc3)O2)c1. The highest BCUT2D eigenvalue weighted by atomic mass is 16.7. The van der Waals surface area contributed by atoms with Crippen molar-refractivity contribution >= 4 is 11.7 Å². The van der Waals surface area contributed by atoms with Crippen LogP contribution in [0.15, 0.2) is 103 Å². The van der Waals surface area contributed by atoms with Crippen LogP contribution in [0, 0.1) is 0 Å². The summed E-state index contributed by atoms with van der Waals surface area (Å²) < 4.78 is 13.6. The third-order valence-corrected chi connectivity index (χ3v) is 7.69. The zero-order chi connectivity index (χ0) is 30.0. The van der Waals surface area contributed by atoms with Gasteiger partial charge in [0.05, 0.1) is 18.8 Å². The molecule has 0 spiro atoms. The fourth-order valence-corrected chi connectivity index (χ4v) is 5.51. The molecule has 0 bridgehead atoms. The topological polar surface area (TPSA) is 96.0 Å². The van der Waals surface area contributed by atoms with Gasteiger partial charge in [-0.05, 0) is 54.9 Å². The number of aliphatic hydroxyl groups excluding tert-OH is 1. The first kappa shape index (κ1) is 30.4. The highest BCUT2D eigenvalue weighted by molar-refractivity contribution is 5.89. The summed E-state index contributed by atoms with van der Waals surface area (Å²) in [7, 11) is 2.11. The average molecular weight is 581 g/mol. The van der Waals surface area contributed by atoms with E-state index in [-0.39, 0.29) is 30.8 Å². The predicted molar refractivity (Wildman–Crippen MR) is 168 cm³/mol. The van der Waals surface area contributed by atoms with Crippen molar-refractivity contribution < 1.29 is 19.4 Å². The van der Waals surface area contributed by atoms with Crippen LogP contribution in [-0.2, 0) is 22.5 Å². The number of nitrogens with zero attached hydrogens (tertiary/aromatic N) is 2. The lowest BCUT2D eigenvalue weighted by Gasteiger charge is -2.44. The molecule has 0 saturated carbocycles. The van der Waals surface area contributed by atoms with Gasteiger partial charge in [0.15, 0.2) is 6.29 Å². The van der Waals surface area contributed by atoms with E-state index in [0.29, 0.717) is 18.8 Å². The maximum absolute atomic E-state index is 12.2. The number of aromatic nitrogens is 1. The number of urea groups is 1. The molecule has 1 aliphatic heterocycles. The van der Waals surface area contributed by atoms with Gasteiger partial charge in [0, 0.05) is 55.1 Å². The molecule has 1 fully saturated rings. The van der Waals surface area contributed by atoms with Gasteiger partial charge in [-0.15, -0.1) is 0 Å². The van der Waals surface area contributed by atoms with Crippen LogP contribution in [0.2, 0.25) is 0 Å². The van der Waals surface area contributed by atoms with Crippen molar-refractivity contribution in [3.8, 4) is 0 Å². The Kier molecular flexibility index (Phi) is 10.5. The molecule has 2 heterocycles. The lowest BCUT2D eigenvalue weighted by molar-refractivity contribution is -0.263. The van der Waals surface area contributed by atoms with E-state index in [4.69, 9.17) is 9.47 Å². The Bertz CT molecular complexity index is 1440. The molecule has 8 nitrogen and oxygen atoms in total. The Hall–Kier alpha value is -4.08. The van der Waals surface area contributed by atoms with Crippen molar-refractivity contribution in [3.63, 3.8) is 0 Å². The van der Waals surface area contributed by atoms with Crippen LogP contribution in [0.5, 0.6) is 0 Å². The van der Waals surface area contributed by atoms with E-state index in [9.17, 15) is 9.90 Å². The first-order chi connectivity index (χ1) is 21.0. The summed E-state index contributed by atoms with van der Waals surface area (Å²) in [6.45, 7) is 3.89. The summed E-state index contributed by atoms with van der Waals surface area (Å²) in [6.07, 6.45) is 1.47. The highest BCUT2D eigenvalue weighted by Gasteiger charge is 2.42. The van der Waals surface area contributed by atoms with Gasteiger partial charge in [0.1, 0.15) is 0 Å². The van der Waals surface area contributed by atoms with E-state index in [1.165, 1.54) is 0 Å². The molecule has 4 aromatic rings. The standard InChI is InChI=1S/C35H40N4O4/c1-3-36-35(41)38-30-14-9-12-28(22-30)34-42-31(23-39(2)21-19-29-13-7-8-20-37-29)32(26-10-5-4-6-11-26)33(43-34)27-17-15-25(24-40)16-18-27/h4-18,20,22,31-34,40H,3,19,21,23-24H2,1-2H3,(H2,36,38,41)/t31-,32-,33+,34?/m1/s1. The minimum Gasteiger partial charge on any atom is -0.392 e. The van der Waals surface area contributed by atoms with E-state index >= 15 is 0 Å². The zero-order valence-corrected chi connectivity index (χ0v) is 24.7. The molecule has 5 rings (SSSR count). The second-order valence-electron chi connectivity index (χ2n) is 10.8. The summed E-state index contributed by atoms with van der Waals surface area (Å²) >= 11 is 0. The summed E-state index contributed by atoms with van der Waals surface area (Å²) in [5, 5.41) is 15.3. The Morgan fingerprint density at radius 3 is 2.40 bits per heavy atom. The minimum absolute atomic E-state index is 0.0191.